The zero-order valence-electron chi connectivity index (χ0n) is 10.6. The zero-order valence-corrected chi connectivity index (χ0v) is 11.4. The molecule has 3 nitrogen and oxygen atoms in total. The number of aromatic nitrogens is 2. The van der Waals surface area contributed by atoms with Crippen molar-refractivity contribution in [1.29, 1.82) is 0 Å². The smallest absolute Gasteiger partial charge is 0.123 e. The van der Waals surface area contributed by atoms with Crippen LogP contribution in [0, 0.1) is 5.82 Å². The molecule has 0 atom stereocenters. The molecule has 20 heavy (non-hydrogen) atoms. The molecule has 1 N–H and O–H groups in total. The summed E-state index contributed by atoms with van der Waals surface area (Å²) in [6, 6.07) is 10.2. The lowest BCUT2D eigenvalue weighted by molar-refractivity contribution is 0.628. The SMILES string of the molecule is Fc1ccc(-c2nc(CNc3cccnc3)cs2)cc1. The van der Waals surface area contributed by atoms with Crippen molar-refractivity contribution in [3.63, 3.8) is 0 Å². The first-order chi connectivity index (χ1) is 9.81. The fourth-order valence-corrected chi connectivity index (χ4v) is 2.60. The van der Waals surface area contributed by atoms with Gasteiger partial charge in [0.2, 0.25) is 0 Å². The summed E-state index contributed by atoms with van der Waals surface area (Å²) in [6.45, 7) is 0.642. The highest BCUT2D eigenvalue weighted by molar-refractivity contribution is 7.13. The molecule has 0 radical (unpaired) electrons. The molecule has 0 aliphatic heterocycles. The maximum Gasteiger partial charge on any atom is 0.123 e. The Kier molecular flexibility index (Phi) is 3.69. The van der Waals surface area contributed by atoms with Crippen molar-refractivity contribution in [1.82, 2.24) is 9.97 Å². The molecule has 0 spiro atoms. The molecule has 0 aliphatic rings. The van der Waals surface area contributed by atoms with Gasteiger partial charge in [-0.1, -0.05) is 0 Å². The van der Waals surface area contributed by atoms with Crippen LogP contribution in [0.5, 0.6) is 0 Å². The summed E-state index contributed by atoms with van der Waals surface area (Å²) in [5, 5.41) is 6.15. The van der Waals surface area contributed by atoms with E-state index in [1.165, 1.54) is 12.1 Å². The summed E-state index contributed by atoms with van der Waals surface area (Å²) < 4.78 is 12.9. The summed E-state index contributed by atoms with van der Waals surface area (Å²) in [5.41, 5.74) is 2.85. The Balaban J connectivity index is 1.69. The lowest BCUT2D eigenvalue weighted by Gasteiger charge is -2.02. The van der Waals surface area contributed by atoms with E-state index < -0.39 is 0 Å². The van der Waals surface area contributed by atoms with Crippen LogP contribution in [0.25, 0.3) is 10.6 Å². The van der Waals surface area contributed by atoms with Crippen LogP contribution in [-0.4, -0.2) is 9.97 Å². The van der Waals surface area contributed by atoms with Gasteiger partial charge in [-0.15, -0.1) is 11.3 Å². The molecule has 3 rings (SSSR count). The second kappa shape index (κ2) is 5.79. The summed E-state index contributed by atoms with van der Waals surface area (Å²) in [6.07, 6.45) is 3.51. The molecule has 0 saturated carbocycles. The van der Waals surface area contributed by atoms with E-state index in [0.29, 0.717) is 6.54 Å². The quantitative estimate of drug-likeness (QED) is 0.788. The second-order valence-corrected chi connectivity index (χ2v) is 5.10. The lowest BCUT2D eigenvalue weighted by atomic mass is 10.2. The minimum absolute atomic E-state index is 0.233. The normalized spacial score (nSPS) is 10.4. The maximum absolute atomic E-state index is 12.9. The van der Waals surface area contributed by atoms with E-state index in [1.807, 2.05) is 17.5 Å². The van der Waals surface area contributed by atoms with Gasteiger partial charge in [0.05, 0.1) is 17.9 Å². The molecule has 0 amide bonds. The number of rotatable bonds is 4. The number of nitrogens with zero attached hydrogens (tertiary/aromatic N) is 2. The molecule has 2 heterocycles. The van der Waals surface area contributed by atoms with E-state index in [1.54, 1.807) is 35.9 Å². The highest BCUT2D eigenvalue weighted by atomic mass is 32.1. The Hall–Kier alpha value is -2.27. The van der Waals surface area contributed by atoms with Crippen LogP contribution in [-0.2, 0) is 6.54 Å². The van der Waals surface area contributed by atoms with E-state index >= 15 is 0 Å². The lowest BCUT2D eigenvalue weighted by Crippen LogP contribution is -1.99. The molecule has 2 aromatic heterocycles. The number of hydrogen-bond acceptors (Lipinski definition) is 4. The molecular formula is C15H12FN3S. The number of pyridine rings is 1. The third-order valence-corrected chi connectivity index (χ3v) is 3.72. The Labute approximate surface area is 120 Å². The van der Waals surface area contributed by atoms with E-state index in [9.17, 15) is 4.39 Å². The van der Waals surface area contributed by atoms with Crippen LogP contribution in [0.2, 0.25) is 0 Å². The highest BCUT2D eigenvalue weighted by Crippen LogP contribution is 2.24. The molecular weight excluding hydrogens is 273 g/mol. The minimum Gasteiger partial charge on any atom is -0.378 e. The van der Waals surface area contributed by atoms with Gasteiger partial charge < -0.3 is 5.32 Å². The van der Waals surface area contributed by atoms with Crippen molar-refractivity contribution in [3.05, 3.63) is 65.7 Å². The Morgan fingerprint density at radius 1 is 1.15 bits per heavy atom. The second-order valence-electron chi connectivity index (χ2n) is 4.25. The average molecular weight is 285 g/mol. The summed E-state index contributed by atoms with van der Waals surface area (Å²) in [4.78, 5) is 8.58. The van der Waals surface area contributed by atoms with Crippen LogP contribution in [0.4, 0.5) is 10.1 Å². The van der Waals surface area contributed by atoms with Crippen LogP contribution in [0.1, 0.15) is 5.69 Å². The van der Waals surface area contributed by atoms with Gasteiger partial charge >= 0.3 is 0 Å². The topological polar surface area (TPSA) is 37.8 Å². The van der Waals surface area contributed by atoms with Crippen molar-refractivity contribution in [2.45, 2.75) is 6.54 Å². The molecule has 0 unspecified atom stereocenters. The summed E-state index contributed by atoms with van der Waals surface area (Å²) in [7, 11) is 0. The molecule has 1 aromatic carbocycles. The van der Waals surface area contributed by atoms with Gasteiger partial charge in [0, 0.05) is 23.3 Å². The predicted octanol–water partition coefficient (Wildman–Crippen LogP) is 3.96. The molecule has 0 saturated heterocycles. The Bertz CT molecular complexity index is 680. The summed E-state index contributed by atoms with van der Waals surface area (Å²) in [5.74, 6) is -0.233. The summed E-state index contributed by atoms with van der Waals surface area (Å²) >= 11 is 1.55. The molecule has 5 heteroatoms. The maximum atomic E-state index is 12.9. The van der Waals surface area contributed by atoms with Gasteiger partial charge in [0.25, 0.3) is 0 Å². The third kappa shape index (κ3) is 3.00. The van der Waals surface area contributed by atoms with Crippen LogP contribution in [0.15, 0.2) is 54.2 Å². The largest absolute Gasteiger partial charge is 0.378 e. The number of benzene rings is 1. The van der Waals surface area contributed by atoms with Gasteiger partial charge in [0.1, 0.15) is 10.8 Å². The predicted molar refractivity (Wildman–Crippen MR) is 79.1 cm³/mol. The monoisotopic (exact) mass is 285 g/mol. The van der Waals surface area contributed by atoms with Gasteiger partial charge in [-0.05, 0) is 36.4 Å². The Morgan fingerprint density at radius 2 is 2.00 bits per heavy atom. The van der Waals surface area contributed by atoms with E-state index in [2.05, 4.69) is 15.3 Å². The number of anilines is 1. The molecule has 0 fully saturated rings. The third-order valence-electron chi connectivity index (χ3n) is 2.78. The molecule has 0 aliphatic carbocycles. The Morgan fingerprint density at radius 3 is 2.75 bits per heavy atom. The number of nitrogens with one attached hydrogen (secondary N) is 1. The zero-order chi connectivity index (χ0) is 13.8. The van der Waals surface area contributed by atoms with Crippen LogP contribution >= 0.6 is 11.3 Å². The molecule has 3 aromatic rings. The first kappa shape index (κ1) is 12.7. The number of halogens is 1. The van der Waals surface area contributed by atoms with E-state index in [-0.39, 0.29) is 5.82 Å². The number of thiazole rings is 1. The van der Waals surface area contributed by atoms with Gasteiger partial charge in [-0.25, -0.2) is 9.37 Å². The average Bonchev–Trinajstić information content (AvgIpc) is 2.96. The fourth-order valence-electron chi connectivity index (χ4n) is 1.77. The van der Waals surface area contributed by atoms with Gasteiger partial charge in [0.15, 0.2) is 0 Å². The molecule has 0 bridgehead atoms. The van der Waals surface area contributed by atoms with Gasteiger partial charge in [-0.3, -0.25) is 4.98 Å². The van der Waals surface area contributed by atoms with E-state index in [4.69, 9.17) is 0 Å². The van der Waals surface area contributed by atoms with Crippen molar-refractivity contribution in [2.75, 3.05) is 5.32 Å². The van der Waals surface area contributed by atoms with Gasteiger partial charge in [-0.2, -0.15) is 0 Å². The minimum atomic E-state index is -0.233. The van der Waals surface area contributed by atoms with Crippen molar-refractivity contribution in [3.8, 4) is 10.6 Å². The van der Waals surface area contributed by atoms with Crippen molar-refractivity contribution >= 4 is 17.0 Å². The van der Waals surface area contributed by atoms with Crippen molar-refractivity contribution in [2.24, 2.45) is 0 Å². The van der Waals surface area contributed by atoms with Crippen LogP contribution in [0.3, 0.4) is 0 Å². The van der Waals surface area contributed by atoms with Crippen molar-refractivity contribution < 1.29 is 4.39 Å². The fraction of sp³-hybridized carbons (Fsp3) is 0.0667. The standard InChI is InChI=1S/C15H12FN3S/c16-12-5-3-11(4-6-12)15-19-14(10-20-15)9-18-13-2-1-7-17-8-13/h1-8,10,18H,9H2. The first-order valence-electron chi connectivity index (χ1n) is 6.15. The highest BCUT2D eigenvalue weighted by Gasteiger charge is 2.05. The van der Waals surface area contributed by atoms with E-state index in [0.717, 1.165) is 22.0 Å². The van der Waals surface area contributed by atoms with Crippen LogP contribution < -0.4 is 5.32 Å². The molecule has 100 valence electrons. The first-order valence-corrected chi connectivity index (χ1v) is 7.03. The number of hydrogen-bond donors (Lipinski definition) is 1.